The van der Waals surface area contributed by atoms with Gasteiger partial charge in [0, 0.05) is 0 Å². The van der Waals surface area contributed by atoms with E-state index < -0.39 is 0 Å². The van der Waals surface area contributed by atoms with Crippen LogP contribution in [0.3, 0.4) is 0 Å². The second kappa shape index (κ2) is 6.16. The first-order valence-electron chi connectivity index (χ1n) is 6.79. The average molecular weight is 272 g/mol. The van der Waals surface area contributed by atoms with E-state index >= 15 is 0 Å². The molecular weight excluding hydrogens is 251 g/mol. The summed E-state index contributed by atoms with van der Waals surface area (Å²) in [4.78, 5) is 0. The summed E-state index contributed by atoms with van der Waals surface area (Å²) in [5.74, 6) is 5.49. The first kappa shape index (κ1) is 14.7. The van der Waals surface area contributed by atoms with Crippen LogP contribution in [0.1, 0.15) is 33.9 Å². The summed E-state index contributed by atoms with van der Waals surface area (Å²) < 4.78 is 13.4. The van der Waals surface area contributed by atoms with Gasteiger partial charge in [-0.1, -0.05) is 35.4 Å². The Morgan fingerprint density at radius 3 is 2.30 bits per heavy atom. The third-order valence-electron chi connectivity index (χ3n) is 3.58. The van der Waals surface area contributed by atoms with E-state index in [9.17, 15) is 4.39 Å². The Bertz CT molecular complexity index is 588. The number of halogens is 1. The zero-order chi connectivity index (χ0) is 14.7. The highest BCUT2D eigenvalue weighted by Crippen LogP contribution is 2.22. The standard InChI is InChI=1S/C17H21FN2/c1-11-6-12(2)8-15(7-11)17(20-19)10-14-9-16(18)5-4-13(14)3/h4-9,17,20H,10,19H2,1-3H3. The SMILES string of the molecule is Cc1cc(C)cc(C(Cc2cc(F)ccc2C)NN)c1. The van der Waals surface area contributed by atoms with Gasteiger partial charge in [0.2, 0.25) is 0 Å². The molecule has 0 amide bonds. The second-order valence-electron chi connectivity index (χ2n) is 5.42. The minimum atomic E-state index is -0.207. The Morgan fingerprint density at radius 1 is 1.05 bits per heavy atom. The molecule has 2 nitrogen and oxygen atoms in total. The molecule has 0 fully saturated rings. The number of nitrogens with two attached hydrogens (primary N) is 1. The van der Waals surface area contributed by atoms with Crippen molar-refractivity contribution in [2.75, 3.05) is 0 Å². The first-order valence-corrected chi connectivity index (χ1v) is 6.79. The van der Waals surface area contributed by atoms with Gasteiger partial charge >= 0.3 is 0 Å². The van der Waals surface area contributed by atoms with Gasteiger partial charge in [-0.3, -0.25) is 11.3 Å². The molecule has 106 valence electrons. The van der Waals surface area contributed by atoms with Crippen LogP contribution in [0.25, 0.3) is 0 Å². The molecule has 1 unspecified atom stereocenters. The van der Waals surface area contributed by atoms with Crippen molar-refractivity contribution in [2.45, 2.75) is 33.2 Å². The van der Waals surface area contributed by atoms with Crippen LogP contribution in [-0.2, 0) is 6.42 Å². The predicted molar refractivity (Wildman–Crippen MR) is 80.8 cm³/mol. The fraction of sp³-hybridized carbons (Fsp3) is 0.294. The van der Waals surface area contributed by atoms with Gasteiger partial charge in [0.1, 0.15) is 5.82 Å². The van der Waals surface area contributed by atoms with Crippen molar-refractivity contribution in [3.63, 3.8) is 0 Å². The molecule has 0 aliphatic carbocycles. The predicted octanol–water partition coefficient (Wildman–Crippen LogP) is 3.50. The van der Waals surface area contributed by atoms with Crippen molar-refractivity contribution in [1.29, 1.82) is 0 Å². The van der Waals surface area contributed by atoms with Gasteiger partial charge in [-0.2, -0.15) is 0 Å². The summed E-state index contributed by atoms with van der Waals surface area (Å²) >= 11 is 0. The Balaban J connectivity index is 2.30. The third-order valence-corrected chi connectivity index (χ3v) is 3.58. The molecule has 20 heavy (non-hydrogen) atoms. The van der Waals surface area contributed by atoms with Gasteiger partial charge in [-0.25, -0.2) is 4.39 Å². The van der Waals surface area contributed by atoms with Crippen molar-refractivity contribution in [1.82, 2.24) is 5.43 Å². The van der Waals surface area contributed by atoms with Crippen molar-refractivity contribution >= 4 is 0 Å². The molecule has 1 atom stereocenters. The van der Waals surface area contributed by atoms with Gasteiger partial charge in [0.25, 0.3) is 0 Å². The normalized spacial score (nSPS) is 12.4. The number of rotatable bonds is 4. The number of nitrogens with one attached hydrogen (secondary N) is 1. The molecule has 0 spiro atoms. The highest BCUT2D eigenvalue weighted by atomic mass is 19.1. The third kappa shape index (κ3) is 3.44. The molecule has 0 bridgehead atoms. The van der Waals surface area contributed by atoms with E-state index in [4.69, 9.17) is 5.84 Å². The summed E-state index contributed by atoms with van der Waals surface area (Å²) in [6, 6.07) is 11.2. The fourth-order valence-electron chi connectivity index (χ4n) is 2.56. The van der Waals surface area contributed by atoms with E-state index in [0.29, 0.717) is 6.42 Å². The largest absolute Gasteiger partial charge is 0.271 e. The average Bonchev–Trinajstić information content (AvgIpc) is 2.38. The molecule has 0 aliphatic heterocycles. The molecule has 2 aromatic rings. The lowest BCUT2D eigenvalue weighted by Gasteiger charge is -2.19. The molecule has 0 saturated heterocycles. The van der Waals surface area contributed by atoms with Crippen molar-refractivity contribution < 1.29 is 4.39 Å². The van der Waals surface area contributed by atoms with Crippen LogP contribution >= 0.6 is 0 Å². The molecule has 0 aliphatic rings. The van der Waals surface area contributed by atoms with Crippen molar-refractivity contribution in [3.8, 4) is 0 Å². The lowest BCUT2D eigenvalue weighted by molar-refractivity contribution is 0.546. The highest BCUT2D eigenvalue weighted by Gasteiger charge is 2.13. The summed E-state index contributed by atoms with van der Waals surface area (Å²) in [7, 11) is 0. The van der Waals surface area contributed by atoms with Gasteiger partial charge in [-0.15, -0.1) is 0 Å². The minimum absolute atomic E-state index is 0.0194. The smallest absolute Gasteiger partial charge is 0.123 e. The molecule has 2 aromatic carbocycles. The molecule has 0 heterocycles. The van der Waals surface area contributed by atoms with E-state index in [1.807, 2.05) is 6.92 Å². The monoisotopic (exact) mass is 272 g/mol. The van der Waals surface area contributed by atoms with Crippen LogP contribution in [0.15, 0.2) is 36.4 Å². The lowest BCUT2D eigenvalue weighted by Crippen LogP contribution is -2.30. The molecule has 0 saturated carbocycles. The highest BCUT2D eigenvalue weighted by molar-refractivity contribution is 5.33. The molecule has 2 rings (SSSR count). The summed E-state index contributed by atoms with van der Waals surface area (Å²) in [6.45, 7) is 6.12. The quantitative estimate of drug-likeness (QED) is 0.660. The number of hydrazine groups is 1. The number of hydrogen-bond acceptors (Lipinski definition) is 2. The molecule has 0 radical (unpaired) electrons. The topological polar surface area (TPSA) is 38.0 Å². The second-order valence-corrected chi connectivity index (χ2v) is 5.42. The Hall–Kier alpha value is -1.71. The molecular formula is C17H21FN2. The maximum absolute atomic E-state index is 13.4. The maximum atomic E-state index is 13.4. The Labute approximate surface area is 119 Å². The molecule has 0 aromatic heterocycles. The Morgan fingerprint density at radius 2 is 1.70 bits per heavy atom. The van der Waals surface area contributed by atoms with Gasteiger partial charge in [0.15, 0.2) is 0 Å². The number of hydrogen-bond donors (Lipinski definition) is 2. The molecule has 3 heteroatoms. The van der Waals surface area contributed by atoms with Gasteiger partial charge < -0.3 is 0 Å². The fourth-order valence-corrected chi connectivity index (χ4v) is 2.56. The van der Waals surface area contributed by atoms with Crippen molar-refractivity contribution in [3.05, 3.63) is 70.0 Å². The van der Waals surface area contributed by atoms with Crippen LogP contribution in [-0.4, -0.2) is 0 Å². The van der Waals surface area contributed by atoms with Crippen LogP contribution in [0, 0.1) is 26.6 Å². The zero-order valence-corrected chi connectivity index (χ0v) is 12.2. The van der Waals surface area contributed by atoms with E-state index in [-0.39, 0.29) is 11.9 Å². The molecule has 3 N–H and O–H groups in total. The van der Waals surface area contributed by atoms with Gasteiger partial charge in [0.05, 0.1) is 6.04 Å². The maximum Gasteiger partial charge on any atom is 0.123 e. The van der Waals surface area contributed by atoms with E-state index in [0.717, 1.165) is 16.7 Å². The van der Waals surface area contributed by atoms with Crippen LogP contribution in [0.2, 0.25) is 0 Å². The van der Waals surface area contributed by atoms with Crippen LogP contribution < -0.4 is 11.3 Å². The Kier molecular flexibility index (Phi) is 4.53. The number of aryl methyl sites for hydroxylation is 3. The lowest BCUT2D eigenvalue weighted by atomic mass is 9.94. The van der Waals surface area contributed by atoms with Crippen molar-refractivity contribution in [2.24, 2.45) is 5.84 Å². The van der Waals surface area contributed by atoms with Crippen LogP contribution in [0.4, 0.5) is 4.39 Å². The zero-order valence-electron chi connectivity index (χ0n) is 12.2. The van der Waals surface area contributed by atoms with E-state index in [2.05, 4.69) is 37.5 Å². The minimum Gasteiger partial charge on any atom is -0.271 e. The number of benzene rings is 2. The summed E-state index contributed by atoms with van der Waals surface area (Å²) in [5, 5.41) is 0. The van der Waals surface area contributed by atoms with Gasteiger partial charge in [-0.05, 0) is 56.0 Å². The van der Waals surface area contributed by atoms with E-state index in [1.165, 1.54) is 17.2 Å². The first-order chi connectivity index (χ1) is 9.49. The summed E-state index contributed by atoms with van der Waals surface area (Å²) in [6.07, 6.45) is 0.670. The summed E-state index contributed by atoms with van der Waals surface area (Å²) in [5.41, 5.74) is 8.45. The van der Waals surface area contributed by atoms with E-state index in [1.54, 1.807) is 12.1 Å². The van der Waals surface area contributed by atoms with Crippen LogP contribution in [0.5, 0.6) is 0 Å².